The lowest BCUT2D eigenvalue weighted by Gasteiger charge is -2.42. The van der Waals surface area contributed by atoms with Gasteiger partial charge >= 0.3 is 0 Å². The maximum atomic E-state index is 5.99. The van der Waals surface area contributed by atoms with Crippen molar-refractivity contribution in [1.29, 1.82) is 0 Å². The number of fused-ring (bicyclic) bond motifs is 2. The summed E-state index contributed by atoms with van der Waals surface area (Å²) in [6.07, 6.45) is 0.909. The maximum absolute atomic E-state index is 5.99. The minimum Gasteiger partial charge on any atom is -0.382 e. The monoisotopic (exact) mass is 211 g/mol. The number of likely N-dealkylation sites (tertiary alicyclic amines) is 1. The zero-order chi connectivity index (χ0) is 11.1. The number of likely N-dealkylation sites (N-methyl/N-ethyl adjacent to an activating group) is 1. The van der Waals surface area contributed by atoms with Crippen LogP contribution >= 0.6 is 0 Å². The minimum absolute atomic E-state index is 0.00574. The van der Waals surface area contributed by atoms with Gasteiger partial charge in [0.05, 0.1) is 12.6 Å². The summed E-state index contributed by atoms with van der Waals surface area (Å²) < 4.78 is 16.7. The highest BCUT2D eigenvalue weighted by Gasteiger charge is 2.57. The van der Waals surface area contributed by atoms with Crippen LogP contribution in [0.1, 0.15) is 6.42 Å². The van der Waals surface area contributed by atoms with E-state index < -0.39 is 0 Å². The molecule has 2 aliphatic rings. The number of piperidine rings is 1. The average Bonchev–Trinajstić information content (AvgIpc) is 2.41. The molecule has 0 saturated carbocycles. The van der Waals surface area contributed by atoms with Crippen LogP contribution in [-0.4, -0.2) is 70.9 Å². The molecule has 4 atom stereocenters. The van der Waals surface area contributed by atoms with Gasteiger partial charge in [-0.15, -0.1) is 0 Å². The van der Waals surface area contributed by atoms with Gasteiger partial charge in [-0.1, -0.05) is 0 Å². The van der Waals surface area contributed by atoms with Gasteiger partial charge in [0, 0.05) is 26.8 Å². The molecule has 0 spiro atoms. The first kappa shape index (κ1) is 11.4. The summed E-state index contributed by atoms with van der Waals surface area (Å²) in [4.78, 5) is 2.21. The van der Waals surface area contributed by atoms with E-state index in [-0.39, 0.29) is 23.8 Å². The fourth-order valence-electron chi connectivity index (χ4n) is 2.88. The Hall–Kier alpha value is -0.0951. The molecule has 1 unspecified atom stereocenters. The van der Waals surface area contributed by atoms with Crippen molar-refractivity contribution in [3.63, 3.8) is 0 Å². The highest BCUT2D eigenvalue weighted by atomic mass is 16.6. The van der Waals surface area contributed by atoms with Crippen LogP contribution in [0.3, 0.4) is 0 Å². The van der Waals surface area contributed by atoms with E-state index in [1.807, 2.05) is 0 Å². The molecular formula is C10H18BNO3. The molecule has 2 rings (SSSR count). The van der Waals surface area contributed by atoms with Gasteiger partial charge < -0.3 is 14.2 Å². The summed E-state index contributed by atoms with van der Waals surface area (Å²) >= 11 is 0. The van der Waals surface area contributed by atoms with Crippen molar-refractivity contribution in [3.8, 4) is 0 Å². The molecule has 0 amide bonds. The Morgan fingerprint density at radius 3 is 2.87 bits per heavy atom. The Morgan fingerprint density at radius 1 is 1.53 bits per heavy atom. The number of nitrogens with zero attached hydrogens (tertiary/aromatic N) is 1. The van der Waals surface area contributed by atoms with Gasteiger partial charge in [0.25, 0.3) is 0 Å². The summed E-state index contributed by atoms with van der Waals surface area (Å²) in [6, 6.07) is -0.142. The van der Waals surface area contributed by atoms with Crippen molar-refractivity contribution in [2.24, 2.45) is 0 Å². The molecular weight excluding hydrogens is 193 g/mol. The molecule has 2 bridgehead atoms. The fraction of sp³-hybridized carbons (Fsp3) is 1.00. The smallest absolute Gasteiger partial charge is 0.120 e. The van der Waals surface area contributed by atoms with Crippen molar-refractivity contribution in [1.82, 2.24) is 4.90 Å². The topological polar surface area (TPSA) is 30.9 Å². The van der Waals surface area contributed by atoms with Crippen molar-refractivity contribution >= 4 is 7.85 Å². The fourth-order valence-corrected chi connectivity index (χ4v) is 2.88. The van der Waals surface area contributed by atoms with Gasteiger partial charge in [0.1, 0.15) is 19.6 Å². The number of rotatable bonds is 3. The van der Waals surface area contributed by atoms with Gasteiger partial charge in [0.15, 0.2) is 0 Å². The predicted molar refractivity (Wildman–Crippen MR) is 57.1 cm³/mol. The van der Waals surface area contributed by atoms with Crippen LogP contribution in [0.15, 0.2) is 0 Å². The van der Waals surface area contributed by atoms with Crippen LogP contribution in [0, 0.1) is 0 Å². The molecule has 0 aromatic heterocycles. The van der Waals surface area contributed by atoms with E-state index in [2.05, 4.69) is 11.9 Å². The number of hydrogen-bond acceptors (Lipinski definition) is 4. The van der Waals surface area contributed by atoms with Gasteiger partial charge in [-0.25, -0.2) is 0 Å². The molecule has 2 saturated heterocycles. The Morgan fingerprint density at radius 2 is 2.27 bits per heavy atom. The first-order valence-electron chi connectivity index (χ1n) is 5.30. The highest BCUT2D eigenvalue weighted by molar-refractivity contribution is 6.11. The molecule has 2 aliphatic heterocycles. The Balaban J connectivity index is 2.25. The Labute approximate surface area is 92.3 Å². The minimum atomic E-state index is -0.347. The standard InChI is InChI=1S/C10H18BNO3/c1-12-5-4-10(6-13-2)8(14-3)7(12)9(11)15-10/h7-9H,4-6H2,1-3H3/t7-,8?,9+,10+/m0/s1. The number of methoxy groups -OCH3 is 2. The molecule has 84 valence electrons. The van der Waals surface area contributed by atoms with Crippen molar-refractivity contribution in [2.45, 2.75) is 30.2 Å². The highest BCUT2D eigenvalue weighted by Crippen LogP contribution is 2.41. The van der Waals surface area contributed by atoms with Crippen LogP contribution in [-0.2, 0) is 14.2 Å². The normalized spacial score (nSPS) is 45.9. The second kappa shape index (κ2) is 4.05. The third-order valence-corrected chi connectivity index (χ3v) is 3.58. The van der Waals surface area contributed by atoms with Crippen LogP contribution in [0.2, 0.25) is 0 Å². The van der Waals surface area contributed by atoms with E-state index in [1.54, 1.807) is 14.2 Å². The average molecular weight is 211 g/mol. The van der Waals surface area contributed by atoms with Gasteiger partial charge in [-0.05, 0) is 13.5 Å². The maximum Gasteiger partial charge on any atom is 0.120 e. The zero-order valence-corrected chi connectivity index (χ0v) is 9.60. The first-order valence-corrected chi connectivity index (χ1v) is 5.30. The van der Waals surface area contributed by atoms with Crippen LogP contribution in [0.25, 0.3) is 0 Å². The van der Waals surface area contributed by atoms with E-state index in [0.717, 1.165) is 13.0 Å². The molecule has 2 fully saturated rings. The molecule has 5 heteroatoms. The molecule has 2 heterocycles. The lowest BCUT2D eigenvalue weighted by atomic mass is 9.82. The van der Waals surface area contributed by atoms with Gasteiger partial charge in [-0.3, -0.25) is 4.90 Å². The molecule has 4 nitrogen and oxygen atoms in total. The largest absolute Gasteiger partial charge is 0.382 e. The molecule has 0 aliphatic carbocycles. The zero-order valence-electron chi connectivity index (χ0n) is 9.60. The second-order valence-corrected chi connectivity index (χ2v) is 4.46. The summed E-state index contributed by atoms with van der Waals surface area (Å²) in [6.45, 7) is 1.52. The lowest BCUT2D eigenvalue weighted by Crippen LogP contribution is -2.58. The first-order chi connectivity index (χ1) is 7.14. The SMILES string of the molecule is [B][C@@H]1O[C@@]2(COC)CCN(C)[C@H]1C2OC. The van der Waals surface area contributed by atoms with E-state index in [9.17, 15) is 0 Å². The molecule has 2 radical (unpaired) electrons. The van der Waals surface area contributed by atoms with E-state index >= 15 is 0 Å². The quantitative estimate of drug-likeness (QED) is 0.595. The van der Waals surface area contributed by atoms with Crippen molar-refractivity contribution in [2.75, 3.05) is 34.4 Å². The summed E-state index contributed by atoms with van der Waals surface area (Å²) in [5, 5.41) is 0. The third kappa shape index (κ3) is 1.62. The van der Waals surface area contributed by atoms with E-state index in [4.69, 9.17) is 22.1 Å². The van der Waals surface area contributed by atoms with Crippen molar-refractivity contribution < 1.29 is 14.2 Å². The lowest BCUT2D eigenvalue weighted by molar-refractivity contribution is -0.133. The van der Waals surface area contributed by atoms with Crippen LogP contribution in [0.4, 0.5) is 0 Å². The second-order valence-electron chi connectivity index (χ2n) is 4.46. The Kier molecular flexibility index (Phi) is 3.08. The molecule has 15 heavy (non-hydrogen) atoms. The number of hydrogen-bond donors (Lipinski definition) is 0. The van der Waals surface area contributed by atoms with Crippen LogP contribution in [0.5, 0.6) is 0 Å². The van der Waals surface area contributed by atoms with Crippen LogP contribution < -0.4 is 0 Å². The molecule has 0 aromatic carbocycles. The third-order valence-electron chi connectivity index (χ3n) is 3.58. The Bertz CT molecular complexity index is 241. The number of ether oxygens (including phenoxy) is 3. The summed E-state index contributed by atoms with van der Waals surface area (Å²) in [7, 11) is 11.4. The van der Waals surface area contributed by atoms with Crippen molar-refractivity contribution in [3.05, 3.63) is 0 Å². The van der Waals surface area contributed by atoms with Gasteiger partial charge in [-0.2, -0.15) is 0 Å². The van der Waals surface area contributed by atoms with E-state index in [0.29, 0.717) is 6.61 Å². The molecule has 0 N–H and O–H groups in total. The summed E-state index contributed by atoms with van der Waals surface area (Å²) in [5.41, 5.74) is -0.347. The van der Waals surface area contributed by atoms with Gasteiger partial charge in [0.2, 0.25) is 0 Å². The molecule has 0 aromatic rings. The predicted octanol–water partition coefficient (Wildman–Crippen LogP) is -0.384. The summed E-state index contributed by atoms with van der Waals surface area (Å²) in [5.74, 6) is 0. The van der Waals surface area contributed by atoms with E-state index in [1.165, 1.54) is 0 Å².